The number of carbonyl (C=O) groups is 3. The molecule has 0 saturated heterocycles. The maximum absolute atomic E-state index is 12.9. The van der Waals surface area contributed by atoms with Crippen LogP contribution in [0.25, 0.3) is 0 Å². The molecule has 0 aliphatic rings. The van der Waals surface area contributed by atoms with Gasteiger partial charge in [0.25, 0.3) is 0 Å². The highest BCUT2D eigenvalue weighted by Gasteiger charge is 2.19. The summed E-state index contributed by atoms with van der Waals surface area (Å²) in [5, 5.41) is 0. The normalized spacial score (nSPS) is 12.9. The third-order valence-electron chi connectivity index (χ3n) is 13.2. The summed E-state index contributed by atoms with van der Waals surface area (Å²) in [6.45, 7) is 6.38. The fourth-order valence-corrected chi connectivity index (χ4v) is 8.56. The van der Waals surface area contributed by atoms with Gasteiger partial charge >= 0.3 is 17.9 Å². The molecule has 0 bridgehead atoms. The zero-order valence-corrected chi connectivity index (χ0v) is 49.5. The Kier molecular flexibility index (Phi) is 59.9. The molecule has 0 aromatic carbocycles. The van der Waals surface area contributed by atoms with Crippen LogP contribution in [0.1, 0.15) is 284 Å². The van der Waals surface area contributed by atoms with E-state index in [1.165, 1.54) is 128 Å². The van der Waals surface area contributed by atoms with Crippen LogP contribution in [0.4, 0.5) is 0 Å². The van der Waals surface area contributed by atoms with Crippen LogP contribution in [0.15, 0.2) is 122 Å². The Morgan fingerprint density at radius 3 is 0.842 bits per heavy atom. The lowest BCUT2D eigenvalue weighted by Crippen LogP contribution is -2.30. The highest BCUT2D eigenvalue weighted by molar-refractivity contribution is 5.71. The zero-order chi connectivity index (χ0) is 55.0. The van der Waals surface area contributed by atoms with Crippen molar-refractivity contribution in [2.24, 2.45) is 0 Å². The van der Waals surface area contributed by atoms with Crippen LogP contribution in [0.2, 0.25) is 0 Å². The van der Waals surface area contributed by atoms with Crippen LogP contribution in [0, 0.1) is 0 Å². The molecular formula is C70H116O6. The maximum atomic E-state index is 12.9. The van der Waals surface area contributed by atoms with E-state index in [1.54, 1.807) is 0 Å². The molecular weight excluding hydrogens is 937 g/mol. The van der Waals surface area contributed by atoms with E-state index >= 15 is 0 Å². The average Bonchev–Trinajstić information content (AvgIpc) is 3.42. The standard InChI is InChI=1S/C70H116O6/c1-4-7-10-13-16-19-22-25-28-30-31-32-33-34-35-36-37-38-39-41-42-45-48-51-54-57-60-63-69(72)75-66-67(65-74-68(71)62-59-56-53-50-47-44-27-24-21-18-15-12-9-6-3)76-70(73)64-61-58-55-52-49-46-43-40-29-26-23-20-17-14-11-8-5-2/h7-8,10-11,16-17,19-20,25-26,28-29,31-32,34-35,43,46,52,55,67H,4-6,9,12-15,18,21-24,27,30,33,36-42,44-45,47-51,53-54,56-66H2,1-3H3/b10-7-,11-8-,19-16-,20-17-,28-25-,29-26-,32-31-,35-34-,46-43-,55-52-. The molecule has 0 saturated carbocycles. The second-order valence-electron chi connectivity index (χ2n) is 20.6. The quantitative estimate of drug-likeness (QED) is 0.0261. The molecule has 0 aromatic heterocycles. The van der Waals surface area contributed by atoms with Crippen molar-refractivity contribution in [3.05, 3.63) is 122 Å². The first-order chi connectivity index (χ1) is 37.5. The smallest absolute Gasteiger partial charge is 0.306 e. The zero-order valence-electron chi connectivity index (χ0n) is 49.5. The van der Waals surface area contributed by atoms with Gasteiger partial charge < -0.3 is 14.2 Å². The van der Waals surface area contributed by atoms with Crippen LogP contribution in [-0.4, -0.2) is 37.2 Å². The molecule has 76 heavy (non-hydrogen) atoms. The molecule has 0 aliphatic carbocycles. The van der Waals surface area contributed by atoms with Gasteiger partial charge in [-0.25, -0.2) is 0 Å². The summed E-state index contributed by atoms with van der Waals surface area (Å²) in [5.41, 5.74) is 0. The minimum Gasteiger partial charge on any atom is -0.462 e. The van der Waals surface area contributed by atoms with E-state index < -0.39 is 6.10 Å². The molecule has 432 valence electrons. The van der Waals surface area contributed by atoms with Crippen LogP contribution in [-0.2, 0) is 28.6 Å². The van der Waals surface area contributed by atoms with Crippen molar-refractivity contribution >= 4 is 17.9 Å². The fraction of sp³-hybridized carbons (Fsp3) is 0.671. The fourth-order valence-electron chi connectivity index (χ4n) is 8.56. The SMILES string of the molecule is CC/C=C\C/C=C\C/C=C\C/C=C\C/C=C\CCCCCCCCCCCCCC(=O)OCC(COC(=O)CCCCCCCCCCCCCCCC)OC(=O)CCC/C=C\C/C=C\C/C=C\C/C=C\C/C=C\CC. The summed E-state index contributed by atoms with van der Waals surface area (Å²) >= 11 is 0. The summed E-state index contributed by atoms with van der Waals surface area (Å²) in [5.74, 6) is -0.957. The number of carbonyl (C=O) groups excluding carboxylic acids is 3. The number of rotatable bonds is 56. The van der Waals surface area contributed by atoms with E-state index in [0.29, 0.717) is 19.3 Å². The summed E-state index contributed by atoms with van der Waals surface area (Å²) in [6.07, 6.45) is 87.8. The average molecular weight is 1050 g/mol. The van der Waals surface area contributed by atoms with Crippen molar-refractivity contribution in [3.8, 4) is 0 Å². The van der Waals surface area contributed by atoms with Crippen LogP contribution < -0.4 is 0 Å². The Morgan fingerprint density at radius 1 is 0.276 bits per heavy atom. The minimum absolute atomic E-state index is 0.101. The Labute approximate surface area is 469 Å². The van der Waals surface area contributed by atoms with Gasteiger partial charge in [-0.3, -0.25) is 14.4 Å². The first kappa shape index (κ1) is 71.8. The molecule has 0 radical (unpaired) electrons. The summed E-state index contributed by atoms with van der Waals surface area (Å²) in [6, 6.07) is 0. The Morgan fingerprint density at radius 2 is 0.526 bits per heavy atom. The molecule has 6 heteroatoms. The summed E-state index contributed by atoms with van der Waals surface area (Å²) in [4.78, 5) is 38.3. The second kappa shape index (κ2) is 63.3. The van der Waals surface area contributed by atoms with Gasteiger partial charge in [0.2, 0.25) is 0 Å². The highest BCUT2D eigenvalue weighted by Crippen LogP contribution is 2.16. The third-order valence-corrected chi connectivity index (χ3v) is 13.2. The van der Waals surface area contributed by atoms with Crippen LogP contribution in [0.3, 0.4) is 0 Å². The lowest BCUT2D eigenvalue weighted by Gasteiger charge is -2.18. The van der Waals surface area contributed by atoms with E-state index in [-0.39, 0.29) is 37.5 Å². The van der Waals surface area contributed by atoms with Gasteiger partial charge in [-0.2, -0.15) is 0 Å². The van der Waals surface area contributed by atoms with Crippen molar-refractivity contribution < 1.29 is 28.6 Å². The topological polar surface area (TPSA) is 78.9 Å². The minimum atomic E-state index is -0.811. The summed E-state index contributed by atoms with van der Waals surface area (Å²) in [7, 11) is 0. The summed E-state index contributed by atoms with van der Waals surface area (Å²) < 4.78 is 16.9. The maximum Gasteiger partial charge on any atom is 0.306 e. The molecule has 0 spiro atoms. The van der Waals surface area contributed by atoms with Crippen molar-refractivity contribution in [2.45, 2.75) is 290 Å². The van der Waals surface area contributed by atoms with E-state index in [1.807, 2.05) is 0 Å². The molecule has 0 heterocycles. The molecule has 0 aliphatic heterocycles. The lowest BCUT2D eigenvalue weighted by atomic mass is 10.0. The number of unbranched alkanes of at least 4 members (excludes halogenated alkanes) is 25. The lowest BCUT2D eigenvalue weighted by molar-refractivity contribution is -0.167. The molecule has 6 nitrogen and oxygen atoms in total. The Hall–Kier alpha value is -4.19. The van der Waals surface area contributed by atoms with Crippen molar-refractivity contribution in [3.63, 3.8) is 0 Å². The molecule has 0 amide bonds. The van der Waals surface area contributed by atoms with E-state index in [4.69, 9.17) is 14.2 Å². The van der Waals surface area contributed by atoms with Gasteiger partial charge in [-0.05, 0) is 103 Å². The van der Waals surface area contributed by atoms with Crippen molar-refractivity contribution in [2.75, 3.05) is 13.2 Å². The highest BCUT2D eigenvalue weighted by atomic mass is 16.6. The predicted octanol–water partition coefficient (Wildman–Crippen LogP) is 21.6. The number of ether oxygens (including phenoxy) is 3. The van der Waals surface area contributed by atoms with Gasteiger partial charge in [0.05, 0.1) is 0 Å². The van der Waals surface area contributed by atoms with Crippen LogP contribution in [0.5, 0.6) is 0 Å². The molecule has 0 fully saturated rings. The van der Waals surface area contributed by atoms with E-state index in [0.717, 1.165) is 109 Å². The monoisotopic (exact) mass is 1050 g/mol. The van der Waals surface area contributed by atoms with Gasteiger partial charge in [-0.1, -0.05) is 284 Å². The van der Waals surface area contributed by atoms with E-state index in [9.17, 15) is 14.4 Å². The molecule has 0 aromatic rings. The van der Waals surface area contributed by atoms with Gasteiger partial charge in [-0.15, -0.1) is 0 Å². The first-order valence-electron chi connectivity index (χ1n) is 31.5. The number of hydrogen-bond donors (Lipinski definition) is 0. The number of esters is 3. The van der Waals surface area contributed by atoms with Gasteiger partial charge in [0, 0.05) is 19.3 Å². The Bertz CT molecular complexity index is 1590. The first-order valence-corrected chi connectivity index (χ1v) is 31.5. The number of allylic oxidation sites excluding steroid dienone is 20. The van der Waals surface area contributed by atoms with E-state index in [2.05, 4.69) is 142 Å². The second-order valence-corrected chi connectivity index (χ2v) is 20.6. The third kappa shape index (κ3) is 60.7. The van der Waals surface area contributed by atoms with Gasteiger partial charge in [0.15, 0.2) is 6.10 Å². The van der Waals surface area contributed by atoms with Crippen molar-refractivity contribution in [1.29, 1.82) is 0 Å². The molecule has 1 atom stereocenters. The molecule has 1 unspecified atom stereocenters. The van der Waals surface area contributed by atoms with Crippen LogP contribution >= 0.6 is 0 Å². The number of hydrogen-bond acceptors (Lipinski definition) is 6. The predicted molar refractivity (Wildman–Crippen MR) is 330 cm³/mol. The van der Waals surface area contributed by atoms with Gasteiger partial charge in [0.1, 0.15) is 13.2 Å². The van der Waals surface area contributed by atoms with Crippen molar-refractivity contribution in [1.82, 2.24) is 0 Å². The molecule has 0 rings (SSSR count). The molecule has 0 N–H and O–H groups in total. The Balaban J connectivity index is 4.37. The largest absolute Gasteiger partial charge is 0.462 e.